The predicted molar refractivity (Wildman–Crippen MR) is 133 cm³/mol. The van der Waals surface area contributed by atoms with Crippen molar-refractivity contribution in [3.05, 3.63) is 61.2 Å². The lowest BCUT2D eigenvalue weighted by molar-refractivity contribution is -0.127. The Kier molecular flexibility index (Phi) is 4.88. The smallest absolute Gasteiger partial charge is 0.246 e. The molecule has 9 nitrogen and oxygen atoms in total. The molecule has 2 N–H and O–H groups in total. The quantitative estimate of drug-likeness (QED) is 0.400. The number of likely N-dealkylation sites (tertiary alicyclic amines) is 1. The van der Waals surface area contributed by atoms with Gasteiger partial charge in [-0.15, -0.1) is 11.3 Å². The number of hydrogen-bond donors (Lipinski definition) is 1. The molecule has 1 saturated heterocycles. The molecule has 4 aromatic heterocycles. The zero-order valence-corrected chi connectivity index (χ0v) is 19.1. The van der Waals surface area contributed by atoms with Gasteiger partial charge in [0.05, 0.1) is 11.4 Å². The van der Waals surface area contributed by atoms with E-state index in [0.717, 1.165) is 51.9 Å². The van der Waals surface area contributed by atoms with E-state index in [9.17, 15) is 4.79 Å². The summed E-state index contributed by atoms with van der Waals surface area (Å²) in [6, 6.07) is 6.22. The number of amides is 1. The Bertz CT molecular complexity index is 1530. The highest BCUT2D eigenvalue weighted by atomic mass is 32.1. The molecule has 0 aliphatic carbocycles. The van der Waals surface area contributed by atoms with E-state index >= 15 is 0 Å². The number of hydrogen-bond acceptors (Lipinski definition) is 7. The molecule has 0 unspecified atom stereocenters. The molecule has 0 radical (unpaired) electrons. The van der Waals surface area contributed by atoms with Crippen LogP contribution in [0.25, 0.3) is 38.2 Å². The predicted octanol–water partition coefficient (Wildman–Crippen LogP) is 3.83. The SMILES string of the molecule is C=CC(=O)N1CCC[C@@H](n2nc(-c3ccc4cn(-c5nccs5)cc4c3)c3c(N)ncnc32)C1. The Morgan fingerprint density at radius 2 is 2.09 bits per heavy atom. The van der Waals surface area contributed by atoms with Crippen LogP contribution in [0, 0.1) is 0 Å². The minimum atomic E-state index is -0.0641. The van der Waals surface area contributed by atoms with E-state index in [4.69, 9.17) is 10.8 Å². The van der Waals surface area contributed by atoms with Crippen LogP contribution in [0.3, 0.4) is 0 Å². The van der Waals surface area contributed by atoms with Crippen molar-refractivity contribution in [3.8, 4) is 16.4 Å². The number of benzene rings is 1. The summed E-state index contributed by atoms with van der Waals surface area (Å²) in [7, 11) is 0. The van der Waals surface area contributed by atoms with Crippen molar-refractivity contribution in [3.63, 3.8) is 0 Å². The topological polar surface area (TPSA) is 108 Å². The van der Waals surface area contributed by atoms with Crippen LogP contribution in [0.4, 0.5) is 5.82 Å². The highest BCUT2D eigenvalue weighted by Crippen LogP contribution is 2.35. The molecule has 0 saturated carbocycles. The molecule has 10 heteroatoms. The normalized spacial score (nSPS) is 16.4. The van der Waals surface area contributed by atoms with Crippen LogP contribution >= 0.6 is 11.3 Å². The van der Waals surface area contributed by atoms with Crippen LogP contribution in [-0.4, -0.2) is 53.2 Å². The van der Waals surface area contributed by atoms with Crippen LogP contribution in [0.15, 0.2) is 61.2 Å². The average Bonchev–Trinajstić information content (AvgIpc) is 3.61. The molecule has 1 fully saturated rings. The molecule has 1 aromatic carbocycles. The van der Waals surface area contributed by atoms with Gasteiger partial charge in [-0.3, -0.25) is 9.36 Å². The molecule has 1 aliphatic heterocycles. The zero-order chi connectivity index (χ0) is 23.2. The molecule has 0 spiro atoms. The minimum absolute atomic E-state index is 0.00193. The van der Waals surface area contributed by atoms with E-state index in [1.54, 1.807) is 17.5 Å². The first-order chi connectivity index (χ1) is 16.6. The van der Waals surface area contributed by atoms with Gasteiger partial charge in [-0.25, -0.2) is 19.6 Å². The fourth-order valence-corrected chi connectivity index (χ4v) is 5.27. The van der Waals surface area contributed by atoms with Crippen molar-refractivity contribution in [2.45, 2.75) is 18.9 Å². The summed E-state index contributed by atoms with van der Waals surface area (Å²) in [5.41, 5.74) is 8.68. The van der Waals surface area contributed by atoms with E-state index in [1.165, 1.54) is 12.4 Å². The molecular weight excluding hydrogens is 448 g/mol. The number of fused-ring (bicyclic) bond motifs is 2. The van der Waals surface area contributed by atoms with Crippen molar-refractivity contribution in [2.24, 2.45) is 0 Å². The summed E-state index contributed by atoms with van der Waals surface area (Å²) < 4.78 is 3.94. The molecule has 1 atom stereocenters. The van der Waals surface area contributed by atoms with Crippen molar-refractivity contribution >= 4 is 44.9 Å². The number of carbonyl (C=O) groups excluding carboxylic acids is 1. The first-order valence-electron chi connectivity index (χ1n) is 11.0. The molecule has 5 aromatic rings. The van der Waals surface area contributed by atoms with Gasteiger partial charge in [0.15, 0.2) is 10.8 Å². The number of carbonyl (C=O) groups is 1. The highest BCUT2D eigenvalue weighted by molar-refractivity contribution is 7.12. The van der Waals surface area contributed by atoms with E-state index in [-0.39, 0.29) is 11.9 Å². The fourth-order valence-electron chi connectivity index (χ4n) is 4.68. The van der Waals surface area contributed by atoms with Crippen molar-refractivity contribution in [1.29, 1.82) is 0 Å². The van der Waals surface area contributed by atoms with Gasteiger partial charge in [-0.2, -0.15) is 5.10 Å². The lowest BCUT2D eigenvalue weighted by Gasteiger charge is -2.32. The number of rotatable bonds is 4. The Hall–Kier alpha value is -4.05. The van der Waals surface area contributed by atoms with Gasteiger partial charge in [-0.1, -0.05) is 18.7 Å². The maximum absolute atomic E-state index is 12.2. The average molecular weight is 471 g/mol. The summed E-state index contributed by atoms with van der Waals surface area (Å²) in [6.45, 7) is 4.90. The third-order valence-electron chi connectivity index (χ3n) is 6.30. The summed E-state index contributed by atoms with van der Waals surface area (Å²) >= 11 is 1.59. The first kappa shape index (κ1) is 20.5. The Morgan fingerprint density at radius 1 is 1.21 bits per heavy atom. The number of anilines is 1. The maximum atomic E-state index is 12.2. The van der Waals surface area contributed by atoms with Gasteiger partial charge in [0, 0.05) is 48.0 Å². The van der Waals surface area contributed by atoms with Gasteiger partial charge >= 0.3 is 0 Å². The number of thiazole rings is 1. The maximum Gasteiger partial charge on any atom is 0.246 e. The molecule has 170 valence electrons. The second-order valence-electron chi connectivity index (χ2n) is 8.36. The third-order valence-corrected chi connectivity index (χ3v) is 7.09. The van der Waals surface area contributed by atoms with Crippen molar-refractivity contribution in [1.82, 2.24) is 34.2 Å². The Morgan fingerprint density at radius 3 is 2.91 bits per heavy atom. The first-order valence-corrected chi connectivity index (χ1v) is 11.9. The van der Waals surface area contributed by atoms with Gasteiger partial charge in [0.2, 0.25) is 5.91 Å². The lowest BCUT2D eigenvalue weighted by atomic mass is 10.1. The van der Waals surface area contributed by atoms with Gasteiger partial charge in [0.1, 0.15) is 17.8 Å². The molecule has 5 heterocycles. The van der Waals surface area contributed by atoms with E-state index in [1.807, 2.05) is 25.6 Å². The molecular formula is C24H22N8OS. The second-order valence-corrected chi connectivity index (χ2v) is 9.23. The van der Waals surface area contributed by atoms with Gasteiger partial charge in [0.25, 0.3) is 0 Å². The van der Waals surface area contributed by atoms with E-state index in [0.29, 0.717) is 18.0 Å². The fraction of sp³-hybridized carbons (Fsp3) is 0.208. The van der Waals surface area contributed by atoms with E-state index in [2.05, 4.69) is 46.1 Å². The minimum Gasteiger partial charge on any atom is -0.383 e. The van der Waals surface area contributed by atoms with Crippen LogP contribution in [0.2, 0.25) is 0 Å². The summed E-state index contributed by atoms with van der Waals surface area (Å²) in [5, 5.41) is 10.8. The lowest BCUT2D eigenvalue weighted by Crippen LogP contribution is -2.40. The monoisotopic (exact) mass is 470 g/mol. The Labute approximate surface area is 199 Å². The summed E-state index contributed by atoms with van der Waals surface area (Å²) in [5.74, 6) is 0.326. The second kappa shape index (κ2) is 8.07. The van der Waals surface area contributed by atoms with Gasteiger partial charge in [-0.05, 0) is 30.4 Å². The highest BCUT2D eigenvalue weighted by Gasteiger charge is 2.28. The number of nitrogens with zero attached hydrogens (tertiary/aromatic N) is 7. The number of nitrogens with two attached hydrogens (primary N) is 1. The van der Waals surface area contributed by atoms with Crippen LogP contribution in [0.1, 0.15) is 18.9 Å². The number of piperidine rings is 1. The molecule has 1 aliphatic rings. The van der Waals surface area contributed by atoms with E-state index < -0.39 is 0 Å². The Balaban J connectivity index is 1.45. The standard InChI is InChI=1S/C24H22N8OS/c1-2-19(33)30-8-3-4-18(13-30)32-23-20(22(25)27-14-28-23)21(29-32)15-5-6-16-11-31(12-17(16)10-15)24-26-7-9-34-24/h2,5-7,9-12,14,18H,1,3-4,8,13H2,(H2,25,27,28)/t18-/m1/s1. The van der Waals surface area contributed by atoms with Crippen LogP contribution in [-0.2, 0) is 4.79 Å². The van der Waals surface area contributed by atoms with Crippen LogP contribution < -0.4 is 5.73 Å². The molecule has 0 bridgehead atoms. The zero-order valence-electron chi connectivity index (χ0n) is 18.3. The molecule has 34 heavy (non-hydrogen) atoms. The summed E-state index contributed by atoms with van der Waals surface area (Å²) in [4.78, 5) is 27.2. The number of nitrogen functional groups attached to an aromatic ring is 1. The molecule has 1 amide bonds. The van der Waals surface area contributed by atoms with Crippen molar-refractivity contribution in [2.75, 3.05) is 18.8 Å². The largest absolute Gasteiger partial charge is 0.383 e. The summed E-state index contributed by atoms with van der Waals surface area (Å²) in [6.07, 6.45) is 10.5. The third kappa shape index (κ3) is 3.34. The van der Waals surface area contributed by atoms with Crippen molar-refractivity contribution < 1.29 is 4.79 Å². The molecule has 6 rings (SSSR count). The van der Waals surface area contributed by atoms with Gasteiger partial charge < -0.3 is 10.6 Å². The van der Waals surface area contributed by atoms with Crippen LogP contribution in [0.5, 0.6) is 0 Å². The number of aromatic nitrogens is 6.